The number of hydrogen-bond donors (Lipinski definition) is 1. The van der Waals surface area contributed by atoms with Crippen molar-refractivity contribution in [3.63, 3.8) is 0 Å². The summed E-state index contributed by atoms with van der Waals surface area (Å²) in [6.07, 6.45) is 3.11. The molecule has 0 spiro atoms. The van der Waals surface area contributed by atoms with Crippen LogP contribution in [0.5, 0.6) is 0 Å². The Balaban J connectivity index is 1.92. The van der Waals surface area contributed by atoms with Gasteiger partial charge in [0.1, 0.15) is 0 Å². The molecule has 2 aromatic rings. The Morgan fingerprint density at radius 1 is 1.44 bits per heavy atom. The van der Waals surface area contributed by atoms with Gasteiger partial charge in [-0.1, -0.05) is 17.4 Å². The molecule has 3 nitrogen and oxygen atoms in total. The molecular formula is C14H17N3S. The topological polar surface area (TPSA) is 28.2 Å². The quantitative estimate of drug-likeness (QED) is 0.917. The van der Waals surface area contributed by atoms with Gasteiger partial charge in [-0.05, 0) is 36.6 Å². The molecule has 0 saturated heterocycles. The van der Waals surface area contributed by atoms with Crippen LogP contribution in [0.1, 0.15) is 12.5 Å². The zero-order valence-electron chi connectivity index (χ0n) is 10.7. The van der Waals surface area contributed by atoms with Crippen molar-refractivity contribution in [1.82, 2.24) is 4.98 Å². The lowest BCUT2D eigenvalue weighted by Gasteiger charge is -2.11. The van der Waals surface area contributed by atoms with Crippen molar-refractivity contribution in [1.29, 1.82) is 0 Å². The summed E-state index contributed by atoms with van der Waals surface area (Å²) in [7, 11) is 2.15. The highest BCUT2D eigenvalue weighted by atomic mass is 32.1. The van der Waals surface area contributed by atoms with Crippen molar-refractivity contribution in [2.75, 3.05) is 30.4 Å². The van der Waals surface area contributed by atoms with Crippen molar-refractivity contribution < 1.29 is 0 Å². The van der Waals surface area contributed by atoms with Crippen LogP contribution in [-0.4, -0.2) is 25.1 Å². The van der Waals surface area contributed by atoms with Gasteiger partial charge in [-0.3, -0.25) is 0 Å². The van der Waals surface area contributed by atoms with Crippen LogP contribution in [0.25, 0.3) is 10.4 Å². The number of nitrogens with one attached hydrogen (secondary N) is 1. The summed E-state index contributed by atoms with van der Waals surface area (Å²) in [5, 5.41) is 4.26. The van der Waals surface area contributed by atoms with Crippen molar-refractivity contribution in [3.8, 4) is 10.4 Å². The van der Waals surface area contributed by atoms with Gasteiger partial charge in [0.2, 0.25) is 0 Å². The summed E-state index contributed by atoms with van der Waals surface area (Å²) in [6, 6.07) is 6.73. The summed E-state index contributed by atoms with van der Waals surface area (Å²) >= 11 is 1.72. The van der Waals surface area contributed by atoms with Gasteiger partial charge >= 0.3 is 0 Å². The fourth-order valence-corrected chi connectivity index (χ4v) is 3.24. The van der Waals surface area contributed by atoms with Crippen LogP contribution in [0.4, 0.5) is 10.8 Å². The van der Waals surface area contributed by atoms with Crippen LogP contribution in [0, 0.1) is 0 Å². The normalized spacial score (nSPS) is 13.8. The van der Waals surface area contributed by atoms with Gasteiger partial charge in [0.05, 0.1) is 4.88 Å². The Morgan fingerprint density at radius 2 is 2.33 bits per heavy atom. The smallest absolute Gasteiger partial charge is 0.183 e. The second-order valence-corrected chi connectivity index (χ2v) is 5.61. The molecule has 0 bridgehead atoms. The molecule has 94 valence electrons. The Labute approximate surface area is 111 Å². The Kier molecular flexibility index (Phi) is 2.96. The molecular weight excluding hydrogens is 242 g/mol. The second-order valence-electron chi connectivity index (χ2n) is 4.58. The molecule has 1 aromatic carbocycles. The van der Waals surface area contributed by atoms with Crippen LogP contribution < -0.4 is 10.2 Å². The molecule has 0 amide bonds. The predicted molar refractivity (Wildman–Crippen MR) is 78.7 cm³/mol. The molecule has 3 rings (SSSR count). The molecule has 4 heteroatoms. The van der Waals surface area contributed by atoms with Gasteiger partial charge < -0.3 is 10.2 Å². The highest BCUT2D eigenvalue weighted by Crippen LogP contribution is 2.34. The van der Waals surface area contributed by atoms with E-state index in [0.717, 1.165) is 24.6 Å². The SMILES string of the molecule is CCNc1ncc(-c2ccc3c(c2)CCN3C)s1. The van der Waals surface area contributed by atoms with Gasteiger partial charge in [0.25, 0.3) is 0 Å². The van der Waals surface area contributed by atoms with Crippen LogP contribution >= 0.6 is 11.3 Å². The van der Waals surface area contributed by atoms with E-state index in [1.165, 1.54) is 21.7 Å². The average Bonchev–Trinajstić information content (AvgIpc) is 2.97. The molecule has 1 aromatic heterocycles. The molecule has 0 saturated carbocycles. The molecule has 0 atom stereocenters. The molecule has 0 radical (unpaired) electrons. The predicted octanol–water partition coefficient (Wildman–Crippen LogP) is 3.23. The summed E-state index contributed by atoms with van der Waals surface area (Å²) in [5.74, 6) is 0. The van der Waals surface area contributed by atoms with E-state index in [1.54, 1.807) is 11.3 Å². The number of fused-ring (bicyclic) bond motifs is 1. The minimum atomic E-state index is 0.919. The third-order valence-corrected chi connectivity index (χ3v) is 4.33. The standard InChI is InChI=1S/C14H17N3S/c1-3-15-14-16-9-13(18-14)11-4-5-12-10(8-11)6-7-17(12)2/h4-5,8-9H,3,6-7H2,1-2H3,(H,15,16). The minimum Gasteiger partial charge on any atom is -0.374 e. The summed E-state index contributed by atoms with van der Waals surface area (Å²) in [6.45, 7) is 4.14. The number of benzene rings is 1. The van der Waals surface area contributed by atoms with E-state index in [2.05, 4.69) is 47.4 Å². The molecule has 1 aliphatic rings. The maximum Gasteiger partial charge on any atom is 0.183 e. The number of anilines is 2. The maximum atomic E-state index is 4.39. The Morgan fingerprint density at radius 3 is 3.17 bits per heavy atom. The molecule has 2 heterocycles. The summed E-state index contributed by atoms with van der Waals surface area (Å²) in [5.41, 5.74) is 4.11. The van der Waals surface area contributed by atoms with Gasteiger partial charge in [-0.15, -0.1) is 0 Å². The lowest BCUT2D eigenvalue weighted by molar-refractivity contribution is 0.956. The first-order chi connectivity index (χ1) is 8.78. The van der Waals surface area contributed by atoms with Gasteiger partial charge in [-0.2, -0.15) is 0 Å². The molecule has 0 fully saturated rings. The maximum absolute atomic E-state index is 4.39. The van der Waals surface area contributed by atoms with Crippen molar-refractivity contribution >= 4 is 22.2 Å². The summed E-state index contributed by atoms with van der Waals surface area (Å²) in [4.78, 5) is 7.94. The Hall–Kier alpha value is -1.55. The van der Waals surface area contributed by atoms with E-state index in [-0.39, 0.29) is 0 Å². The van der Waals surface area contributed by atoms with Crippen molar-refractivity contribution in [2.24, 2.45) is 0 Å². The monoisotopic (exact) mass is 259 g/mol. The highest BCUT2D eigenvalue weighted by molar-refractivity contribution is 7.18. The van der Waals surface area contributed by atoms with Crippen LogP contribution in [0.2, 0.25) is 0 Å². The zero-order chi connectivity index (χ0) is 12.5. The van der Waals surface area contributed by atoms with Crippen LogP contribution in [0.3, 0.4) is 0 Å². The molecule has 0 aliphatic carbocycles. The van der Waals surface area contributed by atoms with E-state index >= 15 is 0 Å². The van der Waals surface area contributed by atoms with Gasteiger partial charge in [0, 0.05) is 32.0 Å². The van der Waals surface area contributed by atoms with E-state index in [4.69, 9.17) is 0 Å². The fourth-order valence-electron chi connectivity index (χ4n) is 2.36. The molecule has 18 heavy (non-hydrogen) atoms. The fraction of sp³-hybridized carbons (Fsp3) is 0.357. The minimum absolute atomic E-state index is 0.919. The molecule has 1 N–H and O–H groups in total. The third-order valence-electron chi connectivity index (χ3n) is 3.33. The molecule has 1 aliphatic heterocycles. The number of rotatable bonds is 3. The second kappa shape index (κ2) is 4.61. The lowest BCUT2D eigenvalue weighted by Crippen LogP contribution is -2.12. The van der Waals surface area contributed by atoms with E-state index in [0.29, 0.717) is 0 Å². The number of aromatic nitrogens is 1. The highest BCUT2D eigenvalue weighted by Gasteiger charge is 2.16. The van der Waals surface area contributed by atoms with E-state index < -0.39 is 0 Å². The van der Waals surface area contributed by atoms with E-state index in [9.17, 15) is 0 Å². The number of thiazole rings is 1. The Bertz CT molecular complexity index is 562. The lowest BCUT2D eigenvalue weighted by atomic mass is 10.1. The van der Waals surface area contributed by atoms with E-state index in [1.807, 2.05) is 6.20 Å². The van der Waals surface area contributed by atoms with Gasteiger partial charge in [0.15, 0.2) is 5.13 Å². The first kappa shape index (κ1) is 11.5. The van der Waals surface area contributed by atoms with Crippen molar-refractivity contribution in [3.05, 3.63) is 30.0 Å². The zero-order valence-corrected chi connectivity index (χ0v) is 11.5. The van der Waals surface area contributed by atoms with Crippen LogP contribution in [-0.2, 0) is 6.42 Å². The van der Waals surface area contributed by atoms with Gasteiger partial charge in [-0.25, -0.2) is 4.98 Å². The van der Waals surface area contributed by atoms with Crippen molar-refractivity contribution in [2.45, 2.75) is 13.3 Å². The summed E-state index contributed by atoms with van der Waals surface area (Å²) < 4.78 is 0. The number of nitrogens with zero attached hydrogens (tertiary/aromatic N) is 2. The first-order valence-corrected chi connectivity index (χ1v) is 7.13. The number of hydrogen-bond acceptors (Lipinski definition) is 4. The largest absolute Gasteiger partial charge is 0.374 e. The average molecular weight is 259 g/mol. The van der Waals surface area contributed by atoms with Crippen LogP contribution in [0.15, 0.2) is 24.4 Å². The number of likely N-dealkylation sites (N-methyl/N-ethyl adjacent to an activating group) is 1. The molecule has 0 unspecified atom stereocenters. The first-order valence-electron chi connectivity index (χ1n) is 6.32. The third kappa shape index (κ3) is 1.97.